The number of carbonyl (C=O) groups excluding carboxylic acids is 2. The number of likely N-dealkylation sites (N-methyl/N-ethyl adjacent to an activating group) is 1. The molecule has 2 amide bonds. The second kappa shape index (κ2) is 7.91. The van der Waals surface area contributed by atoms with Crippen LogP contribution in [0, 0.1) is 0 Å². The molecule has 6 nitrogen and oxygen atoms in total. The summed E-state index contributed by atoms with van der Waals surface area (Å²) in [6.45, 7) is 4.82. The van der Waals surface area contributed by atoms with Crippen molar-refractivity contribution in [2.75, 3.05) is 39.8 Å². The van der Waals surface area contributed by atoms with Gasteiger partial charge in [0.1, 0.15) is 0 Å². The zero-order valence-corrected chi connectivity index (χ0v) is 11.5. The van der Waals surface area contributed by atoms with Crippen molar-refractivity contribution in [1.29, 1.82) is 0 Å². The molecule has 108 valence electrons. The molecule has 0 radical (unpaired) electrons. The highest BCUT2D eigenvalue weighted by Gasteiger charge is 2.24. The molecule has 1 saturated carbocycles. The summed E-state index contributed by atoms with van der Waals surface area (Å²) in [4.78, 5) is 26.7. The second-order valence-electron chi connectivity index (χ2n) is 4.84. The Morgan fingerprint density at radius 3 is 2.63 bits per heavy atom. The highest BCUT2D eigenvalue weighted by Crippen LogP contribution is 2.18. The average molecular weight is 269 g/mol. The minimum absolute atomic E-state index is 0.00694. The van der Waals surface area contributed by atoms with Gasteiger partial charge in [-0.2, -0.15) is 0 Å². The third-order valence-corrected chi connectivity index (χ3v) is 2.91. The van der Waals surface area contributed by atoms with Crippen molar-refractivity contribution in [2.45, 2.75) is 18.9 Å². The van der Waals surface area contributed by atoms with Crippen LogP contribution in [0.5, 0.6) is 0 Å². The first-order chi connectivity index (χ1) is 9.06. The maximum Gasteiger partial charge on any atom is 0.239 e. The zero-order valence-electron chi connectivity index (χ0n) is 11.5. The van der Waals surface area contributed by atoms with E-state index in [4.69, 9.17) is 5.11 Å². The Hall–Kier alpha value is -1.40. The molecule has 1 fully saturated rings. The van der Waals surface area contributed by atoms with Crippen molar-refractivity contribution in [3.63, 3.8) is 0 Å². The first-order valence-electron chi connectivity index (χ1n) is 6.54. The van der Waals surface area contributed by atoms with Gasteiger partial charge in [-0.15, -0.1) is 6.58 Å². The number of aliphatic hydroxyl groups is 1. The number of nitrogens with one attached hydrogen (secondary N) is 1. The SMILES string of the molecule is C=CCN(CCO)CC(=O)N(C)CC(=O)NC1CC1. The Labute approximate surface area is 114 Å². The number of aliphatic hydroxyl groups excluding tert-OH is 1. The molecular weight excluding hydrogens is 246 g/mol. The van der Waals surface area contributed by atoms with Crippen LogP contribution in [0.1, 0.15) is 12.8 Å². The molecule has 0 unspecified atom stereocenters. The third kappa shape index (κ3) is 6.35. The lowest BCUT2D eigenvalue weighted by Crippen LogP contribution is -2.44. The van der Waals surface area contributed by atoms with Gasteiger partial charge in [-0.25, -0.2) is 0 Å². The maximum absolute atomic E-state index is 11.9. The van der Waals surface area contributed by atoms with E-state index in [1.54, 1.807) is 18.0 Å². The van der Waals surface area contributed by atoms with Crippen molar-refractivity contribution in [2.24, 2.45) is 0 Å². The molecule has 0 aliphatic heterocycles. The monoisotopic (exact) mass is 269 g/mol. The summed E-state index contributed by atoms with van der Waals surface area (Å²) in [6.07, 6.45) is 3.75. The molecule has 1 rings (SSSR count). The van der Waals surface area contributed by atoms with Crippen LogP contribution in [0.3, 0.4) is 0 Å². The van der Waals surface area contributed by atoms with Gasteiger partial charge in [0.05, 0.1) is 19.7 Å². The maximum atomic E-state index is 11.9. The number of nitrogens with zero attached hydrogens (tertiary/aromatic N) is 2. The van der Waals surface area contributed by atoms with Crippen LogP contribution in [0.2, 0.25) is 0 Å². The van der Waals surface area contributed by atoms with E-state index in [1.807, 2.05) is 0 Å². The van der Waals surface area contributed by atoms with Crippen LogP contribution in [-0.2, 0) is 9.59 Å². The van der Waals surface area contributed by atoms with E-state index in [0.717, 1.165) is 12.8 Å². The van der Waals surface area contributed by atoms with Crippen LogP contribution < -0.4 is 5.32 Å². The normalized spacial score (nSPS) is 14.3. The molecule has 0 atom stereocenters. The van der Waals surface area contributed by atoms with Crippen LogP contribution in [0.15, 0.2) is 12.7 Å². The highest BCUT2D eigenvalue weighted by atomic mass is 16.3. The van der Waals surface area contributed by atoms with Crippen LogP contribution in [-0.4, -0.2) is 72.6 Å². The minimum atomic E-state index is -0.138. The second-order valence-corrected chi connectivity index (χ2v) is 4.84. The topological polar surface area (TPSA) is 72.9 Å². The van der Waals surface area contributed by atoms with Crippen molar-refractivity contribution < 1.29 is 14.7 Å². The Bertz CT molecular complexity index is 329. The van der Waals surface area contributed by atoms with Gasteiger partial charge in [0.2, 0.25) is 11.8 Å². The van der Waals surface area contributed by atoms with Crippen molar-refractivity contribution in [3.8, 4) is 0 Å². The summed E-state index contributed by atoms with van der Waals surface area (Å²) in [7, 11) is 1.61. The van der Waals surface area contributed by atoms with Crippen molar-refractivity contribution >= 4 is 11.8 Å². The fraction of sp³-hybridized carbons (Fsp3) is 0.692. The summed E-state index contributed by atoms with van der Waals surface area (Å²) in [6, 6.07) is 0.308. The molecule has 0 aromatic rings. The van der Waals surface area contributed by atoms with E-state index in [9.17, 15) is 9.59 Å². The van der Waals surface area contributed by atoms with Crippen LogP contribution >= 0.6 is 0 Å². The number of hydrogen-bond acceptors (Lipinski definition) is 4. The Morgan fingerprint density at radius 1 is 1.42 bits per heavy atom. The molecule has 2 N–H and O–H groups in total. The molecule has 0 saturated heterocycles. The lowest BCUT2D eigenvalue weighted by molar-refractivity contribution is -0.135. The van der Waals surface area contributed by atoms with E-state index in [-0.39, 0.29) is 31.5 Å². The first-order valence-corrected chi connectivity index (χ1v) is 6.54. The number of rotatable bonds is 9. The molecule has 19 heavy (non-hydrogen) atoms. The summed E-state index contributed by atoms with van der Waals surface area (Å²) >= 11 is 0. The minimum Gasteiger partial charge on any atom is -0.395 e. The number of hydrogen-bond donors (Lipinski definition) is 2. The lowest BCUT2D eigenvalue weighted by atomic mass is 10.4. The average Bonchev–Trinajstić information content (AvgIpc) is 3.13. The van der Waals surface area contributed by atoms with Gasteiger partial charge in [0.15, 0.2) is 0 Å². The summed E-state index contributed by atoms with van der Waals surface area (Å²) in [5, 5.41) is 11.7. The third-order valence-electron chi connectivity index (χ3n) is 2.91. The smallest absolute Gasteiger partial charge is 0.239 e. The number of amides is 2. The van der Waals surface area contributed by atoms with E-state index < -0.39 is 0 Å². The Balaban J connectivity index is 2.32. The van der Waals surface area contributed by atoms with E-state index in [1.165, 1.54) is 4.90 Å². The van der Waals surface area contributed by atoms with E-state index in [0.29, 0.717) is 19.1 Å². The Morgan fingerprint density at radius 2 is 2.11 bits per heavy atom. The van der Waals surface area contributed by atoms with Gasteiger partial charge in [-0.05, 0) is 12.8 Å². The van der Waals surface area contributed by atoms with Gasteiger partial charge >= 0.3 is 0 Å². The van der Waals surface area contributed by atoms with Crippen LogP contribution in [0.4, 0.5) is 0 Å². The highest BCUT2D eigenvalue weighted by molar-refractivity contribution is 5.85. The van der Waals surface area contributed by atoms with Gasteiger partial charge in [-0.3, -0.25) is 14.5 Å². The fourth-order valence-corrected chi connectivity index (χ4v) is 1.68. The summed E-state index contributed by atoms with van der Waals surface area (Å²) < 4.78 is 0. The predicted molar refractivity (Wildman–Crippen MR) is 72.5 cm³/mol. The standard InChI is InChI=1S/C13H23N3O3/c1-3-6-16(7-8-17)10-13(19)15(2)9-12(18)14-11-4-5-11/h3,11,17H,1,4-10H2,2H3,(H,14,18). The lowest BCUT2D eigenvalue weighted by Gasteiger charge is -2.23. The number of carbonyl (C=O) groups is 2. The van der Waals surface area contributed by atoms with Crippen molar-refractivity contribution in [3.05, 3.63) is 12.7 Å². The van der Waals surface area contributed by atoms with Crippen LogP contribution in [0.25, 0.3) is 0 Å². The predicted octanol–water partition coefficient (Wildman–Crippen LogP) is -0.796. The van der Waals surface area contributed by atoms with Gasteiger partial charge in [0, 0.05) is 26.2 Å². The largest absolute Gasteiger partial charge is 0.395 e. The van der Waals surface area contributed by atoms with Crippen molar-refractivity contribution in [1.82, 2.24) is 15.1 Å². The molecule has 0 aromatic heterocycles. The summed E-state index contributed by atoms with van der Waals surface area (Å²) in [5.41, 5.74) is 0. The molecule has 1 aliphatic rings. The molecular formula is C13H23N3O3. The first kappa shape index (κ1) is 15.7. The zero-order chi connectivity index (χ0) is 14.3. The molecule has 6 heteroatoms. The molecule has 0 heterocycles. The van der Waals surface area contributed by atoms with E-state index in [2.05, 4.69) is 11.9 Å². The molecule has 1 aliphatic carbocycles. The molecule has 0 spiro atoms. The molecule has 0 bridgehead atoms. The molecule has 0 aromatic carbocycles. The van der Waals surface area contributed by atoms with Gasteiger partial charge in [0.25, 0.3) is 0 Å². The Kier molecular flexibility index (Phi) is 6.52. The summed E-state index contributed by atoms with van der Waals surface area (Å²) in [5.74, 6) is -0.253. The van der Waals surface area contributed by atoms with Gasteiger partial charge in [-0.1, -0.05) is 6.08 Å². The quantitative estimate of drug-likeness (QED) is 0.538. The van der Waals surface area contributed by atoms with Gasteiger partial charge < -0.3 is 15.3 Å². The van der Waals surface area contributed by atoms with E-state index >= 15 is 0 Å². The fourth-order valence-electron chi connectivity index (χ4n) is 1.68.